The zero-order valence-electron chi connectivity index (χ0n) is 7.94. The zero-order valence-corrected chi connectivity index (χ0v) is 9.52. The van der Waals surface area contributed by atoms with Crippen LogP contribution in [0.1, 0.15) is 6.92 Å². The highest BCUT2D eigenvalue weighted by Crippen LogP contribution is 2.23. The molecule has 1 rings (SSSR count). The molecule has 1 aromatic heterocycles. The first kappa shape index (κ1) is 12.3. The van der Waals surface area contributed by atoms with Gasteiger partial charge in [0.1, 0.15) is 0 Å². The Morgan fingerprint density at radius 1 is 1.73 bits per heavy atom. The van der Waals surface area contributed by atoms with Gasteiger partial charge in [-0.1, -0.05) is 23.4 Å². The molecule has 0 bridgehead atoms. The van der Waals surface area contributed by atoms with E-state index in [-0.39, 0.29) is 6.61 Å². The summed E-state index contributed by atoms with van der Waals surface area (Å²) in [6.45, 7) is 1.78. The molecule has 0 spiro atoms. The lowest BCUT2D eigenvalue weighted by atomic mass is 10.5. The molecule has 15 heavy (non-hydrogen) atoms. The number of alkyl halides is 1. The average Bonchev–Trinajstić information content (AvgIpc) is 2.22. The molecule has 0 aliphatic rings. The van der Waals surface area contributed by atoms with Crippen molar-refractivity contribution in [3.8, 4) is 0 Å². The predicted octanol–water partition coefficient (Wildman–Crippen LogP) is 2.69. The molecule has 1 heterocycles. The summed E-state index contributed by atoms with van der Waals surface area (Å²) in [6.07, 6.45) is 1.39. The number of nitrogens with zero attached hydrogens (tertiary/aromatic N) is 1. The number of ether oxygens (including phenoxy) is 1. The Labute approximate surface area is 96.0 Å². The monoisotopic (exact) mass is 249 g/mol. The summed E-state index contributed by atoms with van der Waals surface area (Å²) >= 11 is 6.29. The van der Waals surface area contributed by atoms with Crippen molar-refractivity contribution in [3.05, 3.63) is 23.4 Å². The van der Waals surface area contributed by atoms with E-state index >= 15 is 0 Å². The summed E-state index contributed by atoms with van der Waals surface area (Å²) < 4.78 is 17.7. The first-order valence-corrected chi connectivity index (χ1v) is 5.48. The van der Waals surface area contributed by atoms with Gasteiger partial charge in [-0.05, 0) is 19.1 Å². The van der Waals surface area contributed by atoms with E-state index in [1.165, 1.54) is 6.20 Å². The molecule has 0 saturated heterocycles. The van der Waals surface area contributed by atoms with Gasteiger partial charge in [0.05, 0.1) is 16.7 Å². The fraction of sp³-hybridized carbons (Fsp3) is 0.333. The fourth-order valence-electron chi connectivity index (χ4n) is 0.794. The molecule has 82 valence electrons. The van der Waals surface area contributed by atoms with Gasteiger partial charge in [-0.15, -0.1) is 0 Å². The lowest BCUT2D eigenvalue weighted by Crippen LogP contribution is -2.15. The molecule has 0 amide bonds. The number of hydrogen-bond acceptors (Lipinski definition) is 4. The largest absolute Gasteiger partial charge is 0.463 e. The Morgan fingerprint density at radius 2 is 2.47 bits per heavy atom. The molecular weight excluding hydrogens is 241 g/mol. The lowest BCUT2D eigenvalue weighted by molar-refractivity contribution is -0.145. The third-order valence-electron chi connectivity index (χ3n) is 1.40. The van der Waals surface area contributed by atoms with Crippen molar-refractivity contribution >= 4 is 29.3 Å². The summed E-state index contributed by atoms with van der Waals surface area (Å²) in [4.78, 5) is 14.8. The highest BCUT2D eigenvalue weighted by molar-refractivity contribution is 8.00. The van der Waals surface area contributed by atoms with E-state index in [2.05, 4.69) is 9.72 Å². The van der Waals surface area contributed by atoms with Crippen LogP contribution in [0.3, 0.4) is 0 Å². The van der Waals surface area contributed by atoms with Crippen molar-refractivity contribution in [3.63, 3.8) is 0 Å². The number of halogens is 2. The summed E-state index contributed by atoms with van der Waals surface area (Å²) in [5, 5.41) is 0.853. The minimum absolute atomic E-state index is 0.161. The molecule has 0 fully saturated rings. The van der Waals surface area contributed by atoms with Crippen molar-refractivity contribution in [1.82, 2.24) is 4.98 Å². The van der Waals surface area contributed by atoms with E-state index in [1.54, 1.807) is 19.1 Å². The molecule has 3 nitrogen and oxygen atoms in total. The van der Waals surface area contributed by atoms with Gasteiger partial charge in [-0.25, -0.2) is 14.2 Å². The molecule has 0 saturated carbocycles. The molecule has 1 unspecified atom stereocenters. The number of carbonyl (C=O) groups is 1. The van der Waals surface area contributed by atoms with Crippen LogP contribution < -0.4 is 0 Å². The third-order valence-corrected chi connectivity index (χ3v) is 2.50. The molecule has 0 N–H and O–H groups in total. The fourth-order valence-corrected chi connectivity index (χ4v) is 1.54. The van der Waals surface area contributed by atoms with Crippen LogP contribution in [-0.4, -0.2) is 23.1 Å². The zero-order chi connectivity index (χ0) is 11.3. The van der Waals surface area contributed by atoms with Crippen LogP contribution in [0.5, 0.6) is 0 Å². The van der Waals surface area contributed by atoms with Crippen molar-refractivity contribution in [1.29, 1.82) is 0 Å². The van der Waals surface area contributed by atoms with Gasteiger partial charge in [-0.2, -0.15) is 0 Å². The predicted molar refractivity (Wildman–Crippen MR) is 56.6 cm³/mol. The van der Waals surface area contributed by atoms with Crippen LogP contribution in [0.4, 0.5) is 4.39 Å². The standard InChI is InChI=1S/C9H9ClFNO2S/c1-2-14-9(13)8(11)15-7-4-3-6(10)5-12-7/h3-5,8H,2H2,1H3. The number of thioether (sulfide) groups is 1. The van der Waals surface area contributed by atoms with Gasteiger partial charge < -0.3 is 4.74 Å². The normalized spacial score (nSPS) is 12.2. The van der Waals surface area contributed by atoms with Crippen LogP contribution in [0.25, 0.3) is 0 Å². The van der Waals surface area contributed by atoms with Crippen molar-refractivity contribution in [2.75, 3.05) is 6.61 Å². The molecule has 0 aromatic carbocycles. The van der Waals surface area contributed by atoms with Crippen molar-refractivity contribution < 1.29 is 13.9 Å². The topological polar surface area (TPSA) is 39.2 Å². The molecule has 1 aromatic rings. The van der Waals surface area contributed by atoms with E-state index in [9.17, 15) is 9.18 Å². The second-order valence-corrected chi connectivity index (χ2v) is 4.00. The van der Waals surface area contributed by atoms with Gasteiger partial charge >= 0.3 is 5.97 Å². The maximum atomic E-state index is 13.2. The Morgan fingerprint density at radius 3 is 3.00 bits per heavy atom. The van der Waals surface area contributed by atoms with Crippen LogP contribution in [0.15, 0.2) is 23.4 Å². The van der Waals surface area contributed by atoms with Gasteiger partial charge in [0, 0.05) is 6.20 Å². The van der Waals surface area contributed by atoms with E-state index in [0.717, 1.165) is 0 Å². The first-order valence-electron chi connectivity index (χ1n) is 4.22. The minimum Gasteiger partial charge on any atom is -0.463 e. The van der Waals surface area contributed by atoms with E-state index in [0.29, 0.717) is 21.8 Å². The summed E-state index contributed by atoms with van der Waals surface area (Å²) in [5.74, 6) is -0.890. The first-order chi connectivity index (χ1) is 7.13. The lowest BCUT2D eigenvalue weighted by Gasteiger charge is -2.06. The molecule has 0 aliphatic carbocycles. The van der Waals surface area contributed by atoms with E-state index in [4.69, 9.17) is 11.6 Å². The van der Waals surface area contributed by atoms with Crippen LogP contribution in [-0.2, 0) is 9.53 Å². The van der Waals surface area contributed by atoms with Crippen molar-refractivity contribution in [2.45, 2.75) is 17.5 Å². The van der Waals surface area contributed by atoms with Crippen molar-refractivity contribution in [2.24, 2.45) is 0 Å². The SMILES string of the molecule is CCOC(=O)C(F)Sc1ccc(Cl)cn1. The number of esters is 1. The molecule has 1 atom stereocenters. The quantitative estimate of drug-likeness (QED) is 0.608. The van der Waals surface area contributed by atoms with E-state index < -0.39 is 11.5 Å². The molecule has 6 heteroatoms. The maximum absolute atomic E-state index is 13.2. The Kier molecular flexibility index (Phi) is 4.84. The second-order valence-electron chi connectivity index (χ2n) is 2.50. The number of aromatic nitrogens is 1. The molecule has 0 aliphatic heterocycles. The summed E-state index contributed by atoms with van der Waals surface area (Å²) in [5.41, 5.74) is -1.75. The number of pyridine rings is 1. The van der Waals surface area contributed by atoms with Gasteiger partial charge in [0.2, 0.25) is 5.50 Å². The highest BCUT2D eigenvalue weighted by atomic mass is 35.5. The van der Waals surface area contributed by atoms with Crippen LogP contribution in [0.2, 0.25) is 5.02 Å². The van der Waals surface area contributed by atoms with Gasteiger partial charge in [0.15, 0.2) is 0 Å². The van der Waals surface area contributed by atoms with Crippen LogP contribution >= 0.6 is 23.4 Å². The average molecular weight is 250 g/mol. The minimum atomic E-state index is -1.75. The maximum Gasteiger partial charge on any atom is 0.351 e. The number of carbonyl (C=O) groups excluding carboxylic acids is 1. The molecular formula is C9H9ClFNO2S. The Balaban J connectivity index is 2.54. The Bertz CT molecular complexity index is 333. The van der Waals surface area contributed by atoms with Gasteiger partial charge in [0.25, 0.3) is 0 Å². The Hall–Kier alpha value is -0.810. The van der Waals surface area contributed by atoms with E-state index in [1.807, 2.05) is 0 Å². The number of hydrogen-bond donors (Lipinski definition) is 0. The second kappa shape index (κ2) is 5.92. The third kappa shape index (κ3) is 4.05. The molecule has 0 radical (unpaired) electrons. The summed E-state index contributed by atoms with van der Waals surface area (Å²) in [6, 6.07) is 3.12. The highest BCUT2D eigenvalue weighted by Gasteiger charge is 2.20. The smallest absolute Gasteiger partial charge is 0.351 e. The summed E-state index contributed by atoms with van der Waals surface area (Å²) in [7, 11) is 0. The van der Waals surface area contributed by atoms with Gasteiger partial charge in [-0.3, -0.25) is 0 Å². The van der Waals surface area contributed by atoms with Crippen LogP contribution in [0, 0.1) is 0 Å². The number of rotatable bonds is 4.